The smallest absolute Gasteiger partial charge is 0.287 e. The van der Waals surface area contributed by atoms with Crippen molar-refractivity contribution in [3.63, 3.8) is 0 Å². The molecule has 0 saturated heterocycles. The second kappa shape index (κ2) is 11.0. The molecular weight excluding hydrogens is 449 g/mol. The predicted octanol–water partition coefficient (Wildman–Crippen LogP) is 4.29. The van der Waals surface area contributed by atoms with Crippen LogP contribution in [0, 0.1) is 12.7 Å². The molecule has 2 aromatic carbocycles. The first-order chi connectivity index (χ1) is 16.9. The third kappa shape index (κ3) is 5.77. The van der Waals surface area contributed by atoms with Crippen molar-refractivity contribution in [2.24, 2.45) is 0 Å². The second-order valence-electron chi connectivity index (χ2n) is 8.65. The van der Waals surface area contributed by atoms with E-state index in [0.717, 1.165) is 31.2 Å². The molecule has 182 valence electrons. The highest BCUT2D eigenvalue weighted by Gasteiger charge is 2.35. The van der Waals surface area contributed by atoms with Gasteiger partial charge in [0.25, 0.3) is 5.91 Å². The third-order valence-corrected chi connectivity index (χ3v) is 6.21. The van der Waals surface area contributed by atoms with Gasteiger partial charge in [0.15, 0.2) is 5.76 Å². The lowest BCUT2D eigenvalue weighted by molar-refractivity contribution is -0.126. The van der Waals surface area contributed by atoms with E-state index < -0.39 is 23.7 Å². The topological polar surface area (TPSA) is 91.7 Å². The van der Waals surface area contributed by atoms with Crippen molar-refractivity contribution in [1.82, 2.24) is 10.6 Å². The first kappa shape index (κ1) is 24.2. The SMILES string of the molecule is Cc1ccccc1C(C(=O)NC1CCCC1)N(C(=O)CNC(=O)c1ccco1)c1ccc(F)cc1. The Kier molecular flexibility index (Phi) is 7.60. The molecule has 35 heavy (non-hydrogen) atoms. The van der Waals surface area contributed by atoms with Gasteiger partial charge in [0, 0.05) is 11.7 Å². The molecule has 1 aliphatic carbocycles. The number of anilines is 1. The highest BCUT2D eigenvalue weighted by molar-refractivity contribution is 6.04. The maximum Gasteiger partial charge on any atom is 0.287 e. The van der Waals surface area contributed by atoms with E-state index in [1.807, 2.05) is 25.1 Å². The molecule has 3 amide bonds. The van der Waals surface area contributed by atoms with Crippen molar-refractivity contribution >= 4 is 23.4 Å². The summed E-state index contributed by atoms with van der Waals surface area (Å²) in [5, 5.41) is 5.65. The molecule has 1 heterocycles. The van der Waals surface area contributed by atoms with E-state index in [1.54, 1.807) is 12.1 Å². The minimum Gasteiger partial charge on any atom is -0.459 e. The number of rotatable bonds is 8. The zero-order chi connectivity index (χ0) is 24.8. The lowest BCUT2D eigenvalue weighted by atomic mass is 9.97. The van der Waals surface area contributed by atoms with Crippen LogP contribution in [0.15, 0.2) is 71.3 Å². The fraction of sp³-hybridized carbons (Fsp3) is 0.296. The third-order valence-electron chi connectivity index (χ3n) is 6.21. The molecule has 4 rings (SSSR count). The number of furan rings is 1. The van der Waals surface area contributed by atoms with Gasteiger partial charge in [-0.3, -0.25) is 19.3 Å². The molecule has 1 fully saturated rings. The van der Waals surface area contributed by atoms with E-state index in [0.29, 0.717) is 11.3 Å². The molecule has 1 saturated carbocycles. The van der Waals surface area contributed by atoms with Gasteiger partial charge in [0.2, 0.25) is 11.8 Å². The number of carbonyl (C=O) groups is 3. The van der Waals surface area contributed by atoms with Gasteiger partial charge in [0.1, 0.15) is 11.9 Å². The van der Waals surface area contributed by atoms with E-state index in [1.165, 1.54) is 41.5 Å². The molecule has 0 aliphatic heterocycles. The van der Waals surface area contributed by atoms with E-state index in [9.17, 15) is 18.8 Å². The Labute approximate surface area is 203 Å². The van der Waals surface area contributed by atoms with Crippen LogP contribution >= 0.6 is 0 Å². The number of carbonyl (C=O) groups excluding carboxylic acids is 3. The molecule has 1 unspecified atom stereocenters. The molecule has 3 aromatic rings. The van der Waals surface area contributed by atoms with Gasteiger partial charge in [-0.25, -0.2) is 4.39 Å². The van der Waals surface area contributed by atoms with E-state index in [-0.39, 0.29) is 24.3 Å². The maximum atomic E-state index is 13.7. The summed E-state index contributed by atoms with van der Waals surface area (Å²) >= 11 is 0. The first-order valence-corrected chi connectivity index (χ1v) is 11.7. The Morgan fingerprint density at radius 1 is 1.03 bits per heavy atom. The van der Waals surface area contributed by atoms with Gasteiger partial charge in [-0.15, -0.1) is 0 Å². The van der Waals surface area contributed by atoms with Gasteiger partial charge in [-0.1, -0.05) is 37.1 Å². The molecule has 2 N–H and O–H groups in total. The average molecular weight is 478 g/mol. The molecule has 1 atom stereocenters. The van der Waals surface area contributed by atoms with Gasteiger partial charge in [0.05, 0.1) is 12.8 Å². The minimum absolute atomic E-state index is 0.0397. The molecule has 0 spiro atoms. The van der Waals surface area contributed by atoms with Crippen LogP contribution in [0.2, 0.25) is 0 Å². The number of amides is 3. The largest absolute Gasteiger partial charge is 0.459 e. The number of halogens is 1. The van der Waals surface area contributed by atoms with Gasteiger partial charge in [-0.05, 0) is 67.3 Å². The second-order valence-corrected chi connectivity index (χ2v) is 8.65. The number of nitrogens with zero attached hydrogens (tertiary/aromatic N) is 1. The van der Waals surface area contributed by atoms with Crippen LogP contribution in [0.25, 0.3) is 0 Å². The Morgan fingerprint density at radius 3 is 2.40 bits per heavy atom. The van der Waals surface area contributed by atoms with Crippen LogP contribution in [0.4, 0.5) is 10.1 Å². The van der Waals surface area contributed by atoms with Gasteiger partial charge < -0.3 is 15.1 Å². The van der Waals surface area contributed by atoms with E-state index in [2.05, 4.69) is 10.6 Å². The van der Waals surface area contributed by atoms with Crippen molar-refractivity contribution in [2.45, 2.75) is 44.7 Å². The normalized spacial score (nSPS) is 14.3. The summed E-state index contributed by atoms with van der Waals surface area (Å²) in [6.45, 7) is 1.49. The summed E-state index contributed by atoms with van der Waals surface area (Å²) in [7, 11) is 0. The number of hydrogen-bond acceptors (Lipinski definition) is 4. The predicted molar refractivity (Wildman–Crippen MR) is 129 cm³/mol. The van der Waals surface area contributed by atoms with Crippen LogP contribution in [0.1, 0.15) is 53.4 Å². The van der Waals surface area contributed by atoms with E-state index in [4.69, 9.17) is 4.42 Å². The summed E-state index contributed by atoms with van der Waals surface area (Å²) in [6, 6.07) is 14.8. The monoisotopic (exact) mass is 477 g/mol. The first-order valence-electron chi connectivity index (χ1n) is 11.7. The van der Waals surface area contributed by atoms with E-state index >= 15 is 0 Å². The Bertz CT molecular complexity index is 1170. The molecule has 0 bridgehead atoms. The van der Waals surface area contributed by atoms with Gasteiger partial charge >= 0.3 is 0 Å². The number of nitrogens with one attached hydrogen (secondary N) is 2. The Balaban J connectivity index is 1.69. The summed E-state index contributed by atoms with van der Waals surface area (Å²) in [4.78, 5) is 41.0. The Morgan fingerprint density at radius 2 is 1.74 bits per heavy atom. The summed E-state index contributed by atoms with van der Waals surface area (Å²) in [5.74, 6) is -1.78. The summed E-state index contributed by atoms with van der Waals surface area (Å²) in [6.07, 6.45) is 5.22. The average Bonchev–Trinajstić information content (AvgIpc) is 3.57. The molecule has 1 aliphatic rings. The molecule has 7 nitrogen and oxygen atoms in total. The quantitative estimate of drug-likeness (QED) is 0.506. The lowest BCUT2D eigenvalue weighted by Crippen LogP contribution is -2.49. The van der Waals surface area contributed by atoms with Gasteiger partial charge in [-0.2, -0.15) is 0 Å². The van der Waals surface area contributed by atoms with Crippen LogP contribution < -0.4 is 15.5 Å². The van der Waals surface area contributed by atoms with Crippen LogP contribution in [0.3, 0.4) is 0 Å². The molecule has 0 radical (unpaired) electrons. The standard InChI is InChI=1S/C27H28FN3O4/c1-18-7-2-5-10-22(18)25(27(34)30-20-8-3-4-9-20)31(21-14-12-19(28)13-15-21)24(32)17-29-26(33)23-11-6-16-35-23/h2,5-7,10-16,20,25H,3-4,8-9,17H2,1H3,(H,29,33)(H,30,34). The zero-order valence-electron chi connectivity index (χ0n) is 19.5. The number of benzene rings is 2. The molecule has 8 heteroatoms. The van der Waals surface area contributed by atoms with Crippen molar-refractivity contribution in [3.05, 3.63) is 89.6 Å². The lowest BCUT2D eigenvalue weighted by Gasteiger charge is -2.33. The van der Waals surface area contributed by atoms with Crippen molar-refractivity contribution < 1.29 is 23.2 Å². The molecular formula is C27H28FN3O4. The van der Waals surface area contributed by atoms with Crippen molar-refractivity contribution in [2.75, 3.05) is 11.4 Å². The van der Waals surface area contributed by atoms with Crippen LogP contribution in [-0.2, 0) is 9.59 Å². The van der Waals surface area contributed by atoms with Crippen LogP contribution in [-0.4, -0.2) is 30.3 Å². The number of hydrogen-bond donors (Lipinski definition) is 2. The van der Waals surface area contributed by atoms with Crippen molar-refractivity contribution in [1.29, 1.82) is 0 Å². The summed E-state index contributed by atoms with van der Waals surface area (Å²) < 4.78 is 18.8. The summed E-state index contributed by atoms with van der Waals surface area (Å²) in [5.41, 5.74) is 1.83. The number of aryl methyl sites for hydroxylation is 1. The molecule has 1 aromatic heterocycles. The highest BCUT2D eigenvalue weighted by atomic mass is 19.1. The van der Waals surface area contributed by atoms with Crippen molar-refractivity contribution in [3.8, 4) is 0 Å². The minimum atomic E-state index is -1.00. The van der Waals surface area contributed by atoms with Crippen LogP contribution in [0.5, 0.6) is 0 Å². The Hall–Kier alpha value is -3.94. The highest BCUT2D eigenvalue weighted by Crippen LogP contribution is 2.31. The zero-order valence-corrected chi connectivity index (χ0v) is 19.5. The fourth-order valence-corrected chi connectivity index (χ4v) is 4.42. The fourth-order valence-electron chi connectivity index (χ4n) is 4.42. The maximum absolute atomic E-state index is 13.7.